The molecule has 0 atom stereocenters. The molecule has 0 radical (unpaired) electrons. The molecule has 140 valence electrons. The van der Waals surface area contributed by atoms with E-state index in [0.29, 0.717) is 28.6 Å². The molecule has 0 saturated carbocycles. The molecule has 0 spiro atoms. The zero-order valence-corrected chi connectivity index (χ0v) is 14.8. The number of imidazole rings is 1. The Kier molecular flexibility index (Phi) is 4.29. The highest BCUT2D eigenvalue weighted by molar-refractivity contribution is 5.89. The van der Waals surface area contributed by atoms with Gasteiger partial charge < -0.3 is 20.3 Å². The highest BCUT2D eigenvalue weighted by Gasteiger charge is 2.16. The maximum atomic E-state index is 11.3. The summed E-state index contributed by atoms with van der Waals surface area (Å²) >= 11 is 0. The van der Waals surface area contributed by atoms with E-state index in [2.05, 4.69) is 15.3 Å². The standard InChI is InChI=1S/C20H16N4O4/c1-28-16-10-12(5-6-15(16)25)18-19(24-8-7-21-11-17(24)23-18)22-14-4-2-3-13(9-14)20(26)27/h2-11,22,25H,1H3,(H,26,27). The fourth-order valence-corrected chi connectivity index (χ4v) is 2.92. The van der Waals surface area contributed by atoms with Gasteiger partial charge in [0, 0.05) is 23.6 Å². The summed E-state index contributed by atoms with van der Waals surface area (Å²) in [7, 11) is 1.48. The molecule has 0 bridgehead atoms. The average molecular weight is 376 g/mol. The van der Waals surface area contributed by atoms with Crippen LogP contribution in [0.2, 0.25) is 0 Å². The SMILES string of the molecule is COc1cc(-c2nc3cnccn3c2Nc2cccc(C(=O)O)c2)ccc1O. The third-order valence-electron chi connectivity index (χ3n) is 4.26. The highest BCUT2D eigenvalue weighted by atomic mass is 16.5. The minimum Gasteiger partial charge on any atom is -0.504 e. The van der Waals surface area contributed by atoms with Crippen LogP contribution < -0.4 is 10.1 Å². The topological polar surface area (TPSA) is 109 Å². The molecule has 28 heavy (non-hydrogen) atoms. The maximum Gasteiger partial charge on any atom is 0.335 e. The van der Waals surface area contributed by atoms with Gasteiger partial charge in [0.05, 0.1) is 18.9 Å². The Morgan fingerprint density at radius 1 is 1.21 bits per heavy atom. The molecule has 0 aliphatic carbocycles. The predicted molar refractivity (Wildman–Crippen MR) is 103 cm³/mol. The number of fused-ring (bicyclic) bond motifs is 1. The molecular formula is C20H16N4O4. The Bertz CT molecular complexity index is 1190. The van der Waals surface area contributed by atoms with Crippen LogP contribution in [0.1, 0.15) is 10.4 Å². The van der Waals surface area contributed by atoms with Crippen LogP contribution in [0.25, 0.3) is 16.9 Å². The van der Waals surface area contributed by atoms with Crippen LogP contribution in [0.4, 0.5) is 11.5 Å². The Morgan fingerprint density at radius 2 is 2.07 bits per heavy atom. The molecule has 2 heterocycles. The number of rotatable bonds is 5. The molecule has 3 N–H and O–H groups in total. The number of hydrogen-bond donors (Lipinski definition) is 3. The first-order chi connectivity index (χ1) is 13.6. The van der Waals surface area contributed by atoms with Gasteiger partial charge in [0.15, 0.2) is 17.1 Å². The van der Waals surface area contributed by atoms with Gasteiger partial charge in [-0.3, -0.25) is 9.38 Å². The third-order valence-corrected chi connectivity index (χ3v) is 4.26. The lowest BCUT2D eigenvalue weighted by Crippen LogP contribution is -2.00. The number of nitrogens with zero attached hydrogens (tertiary/aromatic N) is 3. The zero-order chi connectivity index (χ0) is 19.7. The molecule has 8 nitrogen and oxygen atoms in total. The minimum absolute atomic E-state index is 0.0281. The largest absolute Gasteiger partial charge is 0.504 e. The van der Waals surface area contributed by atoms with Crippen molar-refractivity contribution in [3.05, 3.63) is 66.6 Å². The molecule has 2 aromatic carbocycles. The number of carboxylic acids is 1. The van der Waals surface area contributed by atoms with E-state index in [0.717, 1.165) is 5.56 Å². The first-order valence-electron chi connectivity index (χ1n) is 8.36. The quantitative estimate of drug-likeness (QED) is 0.489. The Morgan fingerprint density at radius 3 is 2.86 bits per heavy atom. The van der Waals surface area contributed by atoms with E-state index in [1.54, 1.807) is 48.9 Å². The van der Waals surface area contributed by atoms with Gasteiger partial charge in [-0.1, -0.05) is 6.07 Å². The molecule has 8 heteroatoms. The third kappa shape index (κ3) is 3.07. The van der Waals surface area contributed by atoms with Crippen molar-refractivity contribution in [2.24, 2.45) is 0 Å². The Balaban J connectivity index is 1.86. The number of methoxy groups -OCH3 is 1. The first-order valence-corrected chi connectivity index (χ1v) is 8.36. The summed E-state index contributed by atoms with van der Waals surface area (Å²) in [6.07, 6.45) is 5.02. The number of nitrogens with one attached hydrogen (secondary N) is 1. The summed E-state index contributed by atoms with van der Waals surface area (Å²) in [5.74, 6) is -0.0194. The summed E-state index contributed by atoms with van der Waals surface area (Å²) in [4.78, 5) is 20.0. The second-order valence-electron chi connectivity index (χ2n) is 6.01. The number of aromatic hydroxyl groups is 1. The van der Waals surface area contributed by atoms with E-state index in [4.69, 9.17) is 4.74 Å². The lowest BCUT2D eigenvalue weighted by molar-refractivity contribution is 0.0697. The number of carboxylic acid groups (broad SMARTS) is 1. The van der Waals surface area contributed by atoms with Crippen LogP contribution in [-0.4, -0.2) is 37.7 Å². The number of benzene rings is 2. The predicted octanol–water partition coefficient (Wildman–Crippen LogP) is 3.55. The minimum atomic E-state index is -1.01. The van der Waals surface area contributed by atoms with Crippen LogP contribution in [0.5, 0.6) is 11.5 Å². The molecule has 0 amide bonds. The van der Waals surface area contributed by atoms with Gasteiger partial charge in [0.2, 0.25) is 0 Å². The van der Waals surface area contributed by atoms with Crippen molar-refractivity contribution < 1.29 is 19.7 Å². The fraction of sp³-hybridized carbons (Fsp3) is 0.0500. The number of aromatic carboxylic acids is 1. The zero-order valence-electron chi connectivity index (χ0n) is 14.8. The number of phenolic OH excluding ortho intramolecular Hbond substituents is 1. The van der Waals surface area contributed by atoms with Crippen molar-refractivity contribution in [1.82, 2.24) is 14.4 Å². The molecule has 0 unspecified atom stereocenters. The van der Waals surface area contributed by atoms with Crippen molar-refractivity contribution >= 4 is 23.1 Å². The lowest BCUT2D eigenvalue weighted by Gasteiger charge is -2.10. The van der Waals surface area contributed by atoms with Gasteiger partial charge in [-0.05, 0) is 36.4 Å². The number of ether oxygens (including phenoxy) is 1. The molecule has 0 aliphatic rings. The van der Waals surface area contributed by atoms with E-state index < -0.39 is 5.97 Å². The van der Waals surface area contributed by atoms with E-state index in [9.17, 15) is 15.0 Å². The van der Waals surface area contributed by atoms with Gasteiger partial charge in [-0.25, -0.2) is 9.78 Å². The number of phenols is 1. The second kappa shape index (κ2) is 6.92. The summed E-state index contributed by atoms with van der Waals surface area (Å²) < 4.78 is 7.01. The average Bonchev–Trinajstić information content (AvgIpc) is 3.07. The number of carbonyl (C=O) groups is 1. The van der Waals surface area contributed by atoms with Crippen molar-refractivity contribution in [2.75, 3.05) is 12.4 Å². The fourth-order valence-electron chi connectivity index (χ4n) is 2.92. The van der Waals surface area contributed by atoms with E-state index >= 15 is 0 Å². The van der Waals surface area contributed by atoms with Crippen molar-refractivity contribution in [1.29, 1.82) is 0 Å². The van der Waals surface area contributed by atoms with Gasteiger partial charge >= 0.3 is 5.97 Å². The van der Waals surface area contributed by atoms with Crippen LogP contribution in [-0.2, 0) is 0 Å². The number of anilines is 2. The Labute approximate surface area is 159 Å². The van der Waals surface area contributed by atoms with Crippen LogP contribution >= 0.6 is 0 Å². The monoisotopic (exact) mass is 376 g/mol. The molecule has 0 fully saturated rings. The van der Waals surface area contributed by atoms with Crippen molar-refractivity contribution in [3.63, 3.8) is 0 Å². The molecule has 0 aliphatic heterocycles. The van der Waals surface area contributed by atoms with Crippen molar-refractivity contribution in [2.45, 2.75) is 0 Å². The van der Waals surface area contributed by atoms with E-state index in [1.807, 2.05) is 4.40 Å². The normalized spacial score (nSPS) is 10.8. The van der Waals surface area contributed by atoms with Gasteiger partial charge in [0.25, 0.3) is 0 Å². The summed E-state index contributed by atoms with van der Waals surface area (Å²) in [5, 5.41) is 22.4. The van der Waals surface area contributed by atoms with E-state index in [-0.39, 0.29) is 11.3 Å². The van der Waals surface area contributed by atoms with Gasteiger partial charge in [-0.2, -0.15) is 0 Å². The summed E-state index contributed by atoms with van der Waals surface area (Å²) in [6.45, 7) is 0. The number of aromatic nitrogens is 3. The van der Waals surface area contributed by atoms with Crippen LogP contribution in [0.15, 0.2) is 61.1 Å². The van der Waals surface area contributed by atoms with Crippen LogP contribution in [0, 0.1) is 0 Å². The summed E-state index contributed by atoms with van der Waals surface area (Å²) in [6, 6.07) is 11.5. The van der Waals surface area contributed by atoms with Gasteiger partial charge in [0.1, 0.15) is 11.5 Å². The molecule has 0 saturated heterocycles. The maximum absolute atomic E-state index is 11.3. The smallest absolute Gasteiger partial charge is 0.335 e. The molecule has 4 rings (SSSR count). The summed E-state index contributed by atoms with van der Waals surface area (Å²) in [5.41, 5.74) is 2.71. The molecule has 2 aromatic heterocycles. The molecule has 4 aromatic rings. The second-order valence-corrected chi connectivity index (χ2v) is 6.01. The Hall–Kier alpha value is -4.07. The van der Waals surface area contributed by atoms with E-state index in [1.165, 1.54) is 19.2 Å². The lowest BCUT2D eigenvalue weighted by atomic mass is 10.1. The first kappa shape index (κ1) is 17.3. The van der Waals surface area contributed by atoms with Crippen LogP contribution in [0.3, 0.4) is 0 Å². The van der Waals surface area contributed by atoms with Gasteiger partial charge in [-0.15, -0.1) is 0 Å². The van der Waals surface area contributed by atoms with Crippen molar-refractivity contribution in [3.8, 4) is 22.8 Å². The highest BCUT2D eigenvalue weighted by Crippen LogP contribution is 2.36. The number of hydrogen-bond acceptors (Lipinski definition) is 6. The molecular weight excluding hydrogens is 360 g/mol.